The van der Waals surface area contributed by atoms with Crippen LogP contribution in [-0.4, -0.2) is 11.6 Å². The van der Waals surface area contributed by atoms with Gasteiger partial charge in [0.1, 0.15) is 5.60 Å². The molecule has 1 rings (SSSR count). The lowest BCUT2D eigenvalue weighted by Crippen LogP contribution is -2.24. The van der Waals surface area contributed by atoms with E-state index in [1.54, 1.807) is 0 Å². The summed E-state index contributed by atoms with van der Waals surface area (Å²) in [4.78, 5) is 11.6. The zero-order valence-corrected chi connectivity index (χ0v) is 13.0. The van der Waals surface area contributed by atoms with Gasteiger partial charge >= 0.3 is 5.97 Å². The smallest absolute Gasteiger partial charge is 0.306 e. The number of benzene rings is 1. The third-order valence-corrected chi connectivity index (χ3v) is 2.86. The summed E-state index contributed by atoms with van der Waals surface area (Å²) in [6, 6.07) is 8.49. The van der Waals surface area contributed by atoms with E-state index in [-0.39, 0.29) is 11.4 Å². The van der Waals surface area contributed by atoms with Crippen LogP contribution in [-0.2, 0) is 21.4 Å². The molecule has 1 aromatic rings. The first-order chi connectivity index (χ1) is 8.58. The van der Waals surface area contributed by atoms with E-state index in [0.717, 1.165) is 6.42 Å². The zero-order chi connectivity index (χ0) is 14.7. The van der Waals surface area contributed by atoms with Crippen molar-refractivity contribution < 1.29 is 9.53 Å². The Labute approximate surface area is 117 Å². The molecule has 2 nitrogen and oxygen atoms in total. The molecule has 0 bridgehead atoms. The quantitative estimate of drug-likeness (QED) is 0.761. The second-order valence-corrected chi connectivity index (χ2v) is 7.03. The van der Waals surface area contributed by atoms with Gasteiger partial charge in [-0.25, -0.2) is 0 Å². The van der Waals surface area contributed by atoms with Crippen molar-refractivity contribution in [3.05, 3.63) is 35.4 Å². The summed E-state index contributed by atoms with van der Waals surface area (Å²) in [6.07, 6.45) is 1.17. The van der Waals surface area contributed by atoms with Crippen molar-refractivity contribution in [2.45, 2.75) is 65.4 Å². The van der Waals surface area contributed by atoms with Gasteiger partial charge in [0.2, 0.25) is 0 Å². The lowest BCUT2D eigenvalue weighted by Gasteiger charge is -2.20. The number of carbonyl (C=O) groups excluding carboxylic acids is 1. The topological polar surface area (TPSA) is 26.3 Å². The first-order valence-electron chi connectivity index (χ1n) is 6.89. The number of ether oxygens (including phenoxy) is 1. The molecule has 106 valence electrons. The zero-order valence-electron chi connectivity index (χ0n) is 13.0. The summed E-state index contributed by atoms with van der Waals surface area (Å²) < 4.78 is 5.30. The number of aryl methyl sites for hydroxylation is 1. The molecular formula is C17H26O2. The van der Waals surface area contributed by atoms with Gasteiger partial charge in [0.15, 0.2) is 0 Å². The molecule has 0 spiro atoms. The van der Waals surface area contributed by atoms with Crippen LogP contribution in [0.25, 0.3) is 0 Å². The molecule has 0 fully saturated rings. The van der Waals surface area contributed by atoms with Gasteiger partial charge in [-0.2, -0.15) is 0 Å². The maximum Gasteiger partial charge on any atom is 0.306 e. The third kappa shape index (κ3) is 5.91. The van der Waals surface area contributed by atoms with Crippen molar-refractivity contribution >= 4 is 5.97 Å². The van der Waals surface area contributed by atoms with E-state index in [0.29, 0.717) is 6.42 Å². The summed E-state index contributed by atoms with van der Waals surface area (Å²) in [6.45, 7) is 12.3. The summed E-state index contributed by atoms with van der Waals surface area (Å²) in [5.41, 5.74) is 2.27. The van der Waals surface area contributed by atoms with Crippen molar-refractivity contribution in [2.75, 3.05) is 0 Å². The Bertz CT molecular complexity index is 416. The van der Waals surface area contributed by atoms with Crippen molar-refractivity contribution in [1.82, 2.24) is 0 Å². The Morgan fingerprint density at radius 2 is 1.53 bits per heavy atom. The van der Waals surface area contributed by atoms with E-state index >= 15 is 0 Å². The van der Waals surface area contributed by atoms with Gasteiger partial charge in [-0.05, 0) is 43.7 Å². The van der Waals surface area contributed by atoms with Gasteiger partial charge < -0.3 is 4.74 Å². The SMILES string of the molecule is CC(C)(C)OC(=O)CCc1ccc(C(C)(C)C)cc1. The Kier molecular flexibility index (Phi) is 4.78. The van der Waals surface area contributed by atoms with Crippen LogP contribution in [0.1, 0.15) is 59.1 Å². The molecule has 19 heavy (non-hydrogen) atoms. The molecule has 0 aromatic heterocycles. The molecule has 0 unspecified atom stereocenters. The molecule has 0 saturated heterocycles. The Morgan fingerprint density at radius 3 is 1.95 bits per heavy atom. The summed E-state index contributed by atoms with van der Waals surface area (Å²) in [7, 11) is 0. The highest BCUT2D eigenvalue weighted by molar-refractivity contribution is 5.70. The minimum absolute atomic E-state index is 0.132. The highest BCUT2D eigenvalue weighted by Crippen LogP contribution is 2.22. The monoisotopic (exact) mass is 262 g/mol. The van der Waals surface area contributed by atoms with Crippen LogP contribution in [0.15, 0.2) is 24.3 Å². The minimum atomic E-state index is -0.396. The van der Waals surface area contributed by atoms with E-state index in [2.05, 4.69) is 45.0 Å². The standard InChI is InChI=1S/C17H26O2/c1-16(2,3)14-10-7-13(8-11-14)9-12-15(18)19-17(4,5)6/h7-8,10-11H,9,12H2,1-6H3. The number of rotatable bonds is 3. The molecule has 0 atom stereocenters. The number of esters is 1. The summed E-state index contributed by atoms with van der Waals surface area (Å²) in [5.74, 6) is -0.132. The molecule has 0 amide bonds. The predicted molar refractivity (Wildman–Crippen MR) is 79.3 cm³/mol. The Hall–Kier alpha value is -1.31. The maximum atomic E-state index is 11.6. The molecular weight excluding hydrogens is 236 g/mol. The fourth-order valence-corrected chi connectivity index (χ4v) is 1.81. The molecule has 0 aliphatic rings. The van der Waals surface area contributed by atoms with Crippen LogP contribution < -0.4 is 0 Å². The first kappa shape index (κ1) is 15.7. The molecule has 0 aliphatic heterocycles. The molecule has 0 heterocycles. The summed E-state index contributed by atoms with van der Waals surface area (Å²) >= 11 is 0. The van der Waals surface area contributed by atoms with Gasteiger partial charge in [0.25, 0.3) is 0 Å². The molecule has 0 N–H and O–H groups in total. The Morgan fingerprint density at radius 1 is 1.00 bits per heavy atom. The second-order valence-electron chi connectivity index (χ2n) is 7.03. The van der Waals surface area contributed by atoms with Crippen LogP contribution in [0, 0.1) is 0 Å². The fraction of sp³-hybridized carbons (Fsp3) is 0.588. The lowest BCUT2D eigenvalue weighted by atomic mass is 9.86. The third-order valence-electron chi connectivity index (χ3n) is 2.86. The van der Waals surface area contributed by atoms with Crippen LogP contribution in [0.4, 0.5) is 0 Å². The molecule has 0 aliphatic carbocycles. The second kappa shape index (κ2) is 5.77. The predicted octanol–water partition coefficient (Wildman–Crippen LogP) is 4.26. The largest absolute Gasteiger partial charge is 0.460 e. The number of hydrogen-bond acceptors (Lipinski definition) is 2. The van der Waals surface area contributed by atoms with Crippen LogP contribution in [0.2, 0.25) is 0 Å². The van der Waals surface area contributed by atoms with Gasteiger partial charge in [0, 0.05) is 6.42 Å². The normalized spacial score (nSPS) is 12.3. The van der Waals surface area contributed by atoms with Gasteiger partial charge in [-0.3, -0.25) is 4.79 Å². The fourth-order valence-electron chi connectivity index (χ4n) is 1.81. The Balaban J connectivity index is 2.53. The average Bonchev–Trinajstić information content (AvgIpc) is 2.23. The van der Waals surface area contributed by atoms with Crippen LogP contribution in [0.5, 0.6) is 0 Å². The van der Waals surface area contributed by atoms with Crippen molar-refractivity contribution in [2.24, 2.45) is 0 Å². The molecule has 2 heteroatoms. The van der Waals surface area contributed by atoms with E-state index in [1.807, 2.05) is 20.8 Å². The first-order valence-corrected chi connectivity index (χ1v) is 6.89. The average molecular weight is 262 g/mol. The lowest BCUT2D eigenvalue weighted by molar-refractivity contribution is -0.154. The van der Waals surface area contributed by atoms with E-state index in [1.165, 1.54) is 11.1 Å². The van der Waals surface area contributed by atoms with Crippen molar-refractivity contribution in [1.29, 1.82) is 0 Å². The maximum absolute atomic E-state index is 11.6. The van der Waals surface area contributed by atoms with Gasteiger partial charge in [-0.15, -0.1) is 0 Å². The number of hydrogen-bond donors (Lipinski definition) is 0. The van der Waals surface area contributed by atoms with Gasteiger partial charge in [0.05, 0.1) is 0 Å². The van der Waals surface area contributed by atoms with E-state index < -0.39 is 5.60 Å². The highest BCUT2D eigenvalue weighted by Gasteiger charge is 2.16. The minimum Gasteiger partial charge on any atom is -0.460 e. The van der Waals surface area contributed by atoms with Gasteiger partial charge in [-0.1, -0.05) is 45.0 Å². The molecule has 0 saturated carbocycles. The van der Waals surface area contributed by atoms with E-state index in [9.17, 15) is 4.79 Å². The highest BCUT2D eigenvalue weighted by atomic mass is 16.6. The van der Waals surface area contributed by atoms with Crippen molar-refractivity contribution in [3.8, 4) is 0 Å². The van der Waals surface area contributed by atoms with E-state index in [4.69, 9.17) is 4.74 Å². The molecule has 0 radical (unpaired) electrons. The van der Waals surface area contributed by atoms with Crippen LogP contribution >= 0.6 is 0 Å². The summed E-state index contributed by atoms with van der Waals surface area (Å²) in [5, 5.41) is 0. The van der Waals surface area contributed by atoms with Crippen molar-refractivity contribution in [3.63, 3.8) is 0 Å². The van der Waals surface area contributed by atoms with Crippen LogP contribution in [0.3, 0.4) is 0 Å². The molecule has 1 aromatic carbocycles. The number of carbonyl (C=O) groups is 1.